The van der Waals surface area contributed by atoms with Gasteiger partial charge in [0.15, 0.2) is 0 Å². The van der Waals surface area contributed by atoms with Gasteiger partial charge in [-0.25, -0.2) is 0 Å². The minimum Gasteiger partial charge on any atom is -0.495 e. The number of hydrogen-bond acceptors (Lipinski definition) is 3. The molecule has 0 aromatic heterocycles. The summed E-state index contributed by atoms with van der Waals surface area (Å²) >= 11 is 0. The lowest BCUT2D eigenvalue weighted by atomic mass is 9.65. The Bertz CT molecular complexity index is 460. The Morgan fingerprint density at radius 2 is 2.05 bits per heavy atom. The van der Waals surface area contributed by atoms with Gasteiger partial charge in [0.25, 0.3) is 0 Å². The number of ether oxygens (including phenoxy) is 1. The fourth-order valence-electron chi connectivity index (χ4n) is 3.97. The van der Waals surface area contributed by atoms with Gasteiger partial charge in [-0.3, -0.25) is 0 Å². The summed E-state index contributed by atoms with van der Waals surface area (Å²) in [5, 5.41) is 13.9. The normalized spacial score (nSPS) is 29.4. The lowest BCUT2D eigenvalue weighted by molar-refractivity contribution is 0.0683. The lowest BCUT2D eigenvalue weighted by Gasteiger charge is -2.48. The molecule has 0 saturated heterocycles. The van der Waals surface area contributed by atoms with E-state index >= 15 is 0 Å². The Balaban J connectivity index is 2.33. The summed E-state index contributed by atoms with van der Waals surface area (Å²) in [5.41, 5.74) is 0.731. The molecule has 3 nitrogen and oxygen atoms in total. The van der Waals surface area contributed by atoms with Crippen LogP contribution in [0.4, 0.5) is 5.69 Å². The highest BCUT2D eigenvalue weighted by atomic mass is 16.5. The zero-order chi connectivity index (χ0) is 15.5. The summed E-state index contributed by atoms with van der Waals surface area (Å²) < 4.78 is 5.45. The van der Waals surface area contributed by atoms with Crippen molar-refractivity contribution < 1.29 is 9.84 Å². The third-order valence-electron chi connectivity index (χ3n) is 4.97. The van der Waals surface area contributed by atoms with Crippen LogP contribution in [0.25, 0.3) is 0 Å². The number of benzene rings is 1. The third kappa shape index (κ3) is 3.34. The number of methoxy groups -OCH3 is 1. The van der Waals surface area contributed by atoms with Crippen molar-refractivity contribution in [3.05, 3.63) is 24.3 Å². The maximum Gasteiger partial charge on any atom is 0.141 e. The predicted octanol–water partition coefficient (Wildman–Crippen LogP) is 3.93. The summed E-state index contributed by atoms with van der Waals surface area (Å²) in [7, 11) is 1.69. The topological polar surface area (TPSA) is 41.5 Å². The minimum absolute atomic E-state index is 0.165. The highest BCUT2D eigenvalue weighted by Gasteiger charge is 2.44. The molecule has 3 heteroatoms. The van der Waals surface area contributed by atoms with Crippen molar-refractivity contribution in [1.82, 2.24) is 0 Å². The number of rotatable bonds is 5. The van der Waals surface area contributed by atoms with E-state index in [1.54, 1.807) is 7.11 Å². The van der Waals surface area contributed by atoms with Crippen molar-refractivity contribution in [3.63, 3.8) is 0 Å². The van der Waals surface area contributed by atoms with Crippen molar-refractivity contribution in [2.75, 3.05) is 19.0 Å². The fourth-order valence-corrected chi connectivity index (χ4v) is 3.97. The number of aliphatic hydroxyl groups is 1. The molecule has 0 amide bonds. The molecule has 0 heterocycles. The van der Waals surface area contributed by atoms with Gasteiger partial charge in [-0.2, -0.15) is 0 Å². The number of aliphatic hydroxyl groups excluding tert-OH is 1. The van der Waals surface area contributed by atoms with E-state index in [9.17, 15) is 5.11 Å². The van der Waals surface area contributed by atoms with Gasteiger partial charge in [-0.15, -0.1) is 0 Å². The van der Waals surface area contributed by atoms with Crippen LogP contribution in [0, 0.1) is 17.8 Å². The third-order valence-corrected chi connectivity index (χ3v) is 4.97. The van der Waals surface area contributed by atoms with Crippen LogP contribution in [0.1, 0.15) is 40.0 Å². The molecule has 1 aromatic carbocycles. The zero-order valence-electron chi connectivity index (χ0n) is 13.7. The Kier molecular flexibility index (Phi) is 5.15. The van der Waals surface area contributed by atoms with Crippen LogP contribution in [0.3, 0.4) is 0 Å². The van der Waals surface area contributed by atoms with Crippen molar-refractivity contribution in [2.24, 2.45) is 17.8 Å². The summed E-state index contributed by atoms with van der Waals surface area (Å²) in [4.78, 5) is 0. The molecule has 1 aliphatic carbocycles. The largest absolute Gasteiger partial charge is 0.495 e. The maximum atomic E-state index is 10.2. The van der Waals surface area contributed by atoms with Crippen molar-refractivity contribution in [3.8, 4) is 5.75 Å². The van der Waals surface area contributed by atoms with E-state index in [2.05, 4.69) is 26.1 Å². The SMILES string of the molecule is COc1ccccc1NC1(CO)CC(C)CCC1C(C)C. The van der Waals surface area contributed by atoms with E-state index in [4.69, 9.17) is 4.74 Å². The first kappa shape index (κ1) is 16.2. The molecule has 3 unspecified atom stereocenters. The first-order chi connectivity index (χ1) is 10.0. The monoisotopic (exact) mass is 291 g/mol. The predicted molar refractivity (Wildman–Crippen MR) is 87.8 cm³/mol. The molecular formula is C18H29NO2. The standard InChI is InChI=1S/C18H29NO2/c1-13(2)15-10-9-14(3)11-18(15,12-20)19-16-7-5-6-8-17(16)21-4/h5-8,13-15,19-20H,9-12H2,1-4H3. The van der Waals surface area contributed by atoms with E-state index in [-0.39, 0.29) is 12.1 Å². The molecule has 0 bridgehead atoms. The van der Waals surface area contributed by atoms with Crippen LogP contribution >= 0.6 is 0 Å². The van der Waals surface area contributed by atoms with Crippen LogP contribution in [0.5, 0.6) is 5.75 Å². The number of nitrogens with one attached hydrogen (secondary N) is 1. The van der Waals surface area contributed by atoms with Crippen LogP contribution in [-0.2, 0) is 0 Å². The van der Waals surface area contributed by atoms with Gasteiger partial charge >= 0.3 is 0 Å². The van der Waals surface area contributed by atoms with Gasteiger partial charge < -0.3 is 15.2 Å². The van der Waals surface area contributed by atoms with Crippen molar-refractivity contribution >= 4 is 5.69 Å². The lowest BCUT2D eigenvalue weighted by Crippen LogP contribution is -2.54. The molecule has 0 spiro atoms. The van der Waals surface area contributed by atoms with Gasteiger partial charge in [0.1, 0.15) is 5.75 Å². The van der Waals surface area contributed by atoms with Gasteiger partial charge in [0.05, 0.1) is 24.9 Å². The van der Waals surface area contributed by atoms with E-state index in [1.807, 2.05) is 24.3 Å². The van der Waals surface area contributed by atoms with Crippen molar-refractivity contribution in [1.29, 1.82) is 0 Å². The molecule has 2 rings (SSSR count). The van der Waals surface area contributed by atoms with Crippen molar-refractivity contribution in [2.45, 2.75) is 45.6 Å². The number of anilines is 1. The van der Waals surface area contributed by atoms with Gasteiger partial charge in [-0.1, -0.05) is 39.3 Å². The Hall–Kier alpha value is -1.22. The Morgan fingerprint density at radius 1 is 1.33 bits per heavy atom. The molecular weight excluding hydrogens is 262 g/mol. The number of para-hydroxylation sites is 2. The van der Waals surface area contributed by atoms with Crippen LogP contribution in [0.2, 0.25) is 0 Å². The second-order valence-corrected chi connectivity index (χ2v) is 6.88. The Labute approximate surface area is 128 Å². The van der Waals surface area contributed by atoms with Gasteiger partial charge in [0, 0.05) is 0 Å². The minimum atomic E-state index is -0.250. The molecule has 118 valence electrons. The number of hydrogen-bond donors (Lipinski definition) is 2. The first-order valence-electron chi connectivity index (χ1n) is 8.04. The van der Waals surface area contributed by atoms with Gasteiger partial charge in [0.2, 0.25) is 0 Å². The summed E-state index contributed by atoms with van der Waals surface area (Å²) in [6.07, 6.45) is 3.42. The quantitative estimate of drug-likeness (QED) is 0.863. The Morgan fingerprint density at radius 3 is 2.67 bits per heavy atom. The molecule has 21 heavy (non-hydrogen) atoms. The first-order valence-corrected chi connectivity index (χ1v) is 8.04. The van der Waals surface area contributed by atoms with E-state index in [1.165, 1.54) is 12.8 Å². The van der Waals surface area contributed by atoms with Crippen LogP contribution < -0.4 is 10.1 Å². The second kappa shape index (κ2) is 6.69. The molecule has 1 saturated carbocycles. The average molecular weight is 291 g/mol. The van der Waals surface area contributed by atoms with Gasteiger partial charge in [-0.05, 0) is 42.7 Å². The maximum absolute atomic E-state index is 10.2. The molecule has 1 aliphatic rings. The fraction of sp³-hybridized carbons (Fsp3) is 0.667. The second-order valence-electron chi connectivity index (χ2n) is 6.88. The molecule has 3 atom stereocenters. The highest BCUT2D eigenvalue weighted by molar-refractivity contribution is 5.58. The molecule has 1 aromatic rings. The zero-order valence-corrected chi connectivity index (χ0v) is 13.7. The van der Waals surface area contributed by atoms with Crippen LogP contribution in [0.15, 0.2) is 24.3 Å². The average Bonchev–Trinajstić information content (AvgIpc) is 2.47. The van der Waals surface area contributed by atoms with E-state index in [0.717, 1.165) is 17.9 Å². The summed E-state index contributed by atoms with van der Waals surface area (Å²) in [6, 6.07) is 7.97. The highest BCUT2D eigenvalue weighted by Crippen LogP contribution is 2.43. The smallest absolute Gasteiger partial charge is 0.141 e. The summed E-state index contributed by atoms with van der Waals surface area (Å²) in [5.74, 6) is 2.50. The molecule has 1 fully saturated rings. The summed E-state index contributed by atoms with van der Waals surface area (Å²) in [6.45, 7) is 6.97. The van der Waals surface area contributed by atoms with E-state index in [0.29, 0.717) is 17.8 Å². The molecule has 2 N–H and O–H groups in total. The molecule has 0 aliphatic heterocycles. The van der Waals surface area contributed by atoms with E-state index < -0.39 is 0 Å². The van der Waals surface area contributed by atoms with Crippen LogP contribution in [-0.4, -0.2) is 24.4 Å². The molecule has 0 radical (unpaired) electrons.